The van der Waals surface area contributed by atoms with Crippen LogP contribution in [-0.4, -0.2) is 5.11 Å². The molecule has 3 rings (SSSR count). The van der Waals surface area contributed by atoms with Crippen molar-refractivity contribution in [1.82, 2.24) is 0 Å². The molecule has 1 N–H and O–H groups in total. The van der Waals surface area contributed by atoms with E-state index in [1.54, 1.807) is 0 Å². The van der Waals surface area contributed by atoms with E-state index in [9.17, 15) is 5.11 Å². The molecular formula is C20H19ClO. The van der Waals surface area contributed by atoms with Crippen LogP contribution >= 0.6 is 11.6 Å². The van der Waals surface area contributed by atoms with E-state index in [0.717, 1.165) is 16.3 Å². The highest BCUT2D eigenvalue weighted by atomic mass is 35.5. The predicted molar refractivity (Wildman–Crippen MR) is 94.1 cm³/mol. The SMILES string of the molecule is Cc1cc(C)c(Cc2c(O)c(Cl)cc3ccccc23)c(C)c1. The zero-order chi connectivity index (χ0) is 15.9. The Kier molecular flexibility index (Phi) is 3.84. The van der Waals surface area contributed by atoms with Crippen molar-refractivity contribution in [3.8, 4) is 5.75 Å². The standard InChI is InChI=1S/C20H19ClO/c1-12-8-13(2)17(14(3)9-12)11-18-16-7-5-4-6-15(16)10-19(21)20(18)22/h4-10,22H,11H2,1-3H3. The van der Waals surface area contributed by atoms with Crippen molar-refractivity contribution >= 4 is 22.4 Å². The Labute approximate surface area is 136 Å². The second kappa shape index (κ2) is 5.66. The summed E-state index contributed by atoms with van der Waals surface area (Å²) < 4.78 is 0. The van der Waals surface area contributed by atoms with Crippen molar-refractivity contribution in [2.24, 2.45) is 0 Å². The molecule has 0 saturated carbocycles. The summed E-state index contributed by atoms with van der Waals surface area (Å²) in [4.78, 5) is 0. The number of phenolic OH excluding ortho intramolecular Hbond substituents is 1. The van der Waals surface area contributed by atoms with Crippen LogP contribution in [0.2, 0.25) is 5.02 Å². The van der Waals surface area contributed by atoms with Gasteiger partial charge in [-0.25, -0.2) is 0 Å². The number of rotatable bonds is 2. The van der Waals surface area contributed by atoms with Gasteiger partial charge in [0.05, 0.1) is 5.02 Å². The molecule has 0 atom stereocenters. The molecule has 3 aromatic rings. The number of fused-ring (bicyclic) bond motifs is 1. The molecule has 0 radical (unpaired) electrons. The molecule has 2 heteroatoms. The number of aryl methyl sites for hydroxylation is 3. The summed E-state index contributed by atoms with van der Waals surface area (Å²) in [6.45, 7) is 6.36. The van der Waals surface area contributed by atoms with Gasteiger partial charge in [-0.3, -0.25) is 0 Å². The molecule has 3 aromatic carbocycles. The summed E-state index contributed by atoms with van der Waals surface area (Å²) in [5.74, 6) is 0.194. The van der Waals surface area contributed by atoms with Crippen LogP contribution in [0.3, 0.4) is 0 Å². The highest BCUT2D eigenvalue weighted by Crippen LogP contribution is 2.36. The number of benzene rings is 3. The molecule has 0 spiro atoms. The van der Waals surface area contributed by atoms with Gasteiger partial charge < -0.3 is 5.11 Å². The van der Waals surface area contributed by atoms with Crippen LogP contribution in [-0.2, 0) is 6.42 Å². The average Bonchev–Trinajstić information content (AvgIpc) is 2.46. The molecule has 0 aliphatic heterocycles. The first-order chi connectivity index (χ1) is 10.5. The van der Waals surface area contributed by atoms with E-state index in [4.69, 9.17) is 11.6 Å². The van der Waals surface area contributed by atoms with Crippen LogP contribution in [0, 0.1) is 20.8 Å². The summed E-state index contributed by atoms with van der Waals surface area (Å²) >= 11 is 6.21. The molecule has 0 unspecified atom stereocenters. The van der Waals surface area contributed by atoms with Crippen molar-refractivity contribution in [1.29, 1.82) is 0 Å². The van der Waals surface area contributed by atoms with E-state index in [2.05, 4.69) is 32.9 Å². The van der Waals surface area contributed by atoms with Gasteiger partial charge in [0.15, 0.2) is 0 Å². The molecule has 0 saturated heterocycles. The van der Waals surface area contributed by atoms with E-state index in [-0.39, 0.29) is 5.75 Å². The first kappa shape index (κ1) is 14.9. The third-order valence-electron chi connectivity index (χ3n) is 4.27. The van der Waals surface area contributed by atoms with Gasteiger partial charge in [0.1, 0.15) is 5.75 Å². The summed E-state index contributed by atoms with van der Waals surface area (Å²) in [6.07, 6.45) is 0.685. The van der Waals surface area contributed by atoms with Gasteiger partial charge in [0.25, 0.3) is 0 Å². The minimum absolute atomic E-state index is 0.194. The Bertz CT molecular complexity index is 842. The van der Waals surface area contributed by atoms with E-state index in [1.807, 2.05) is 30.3 Å². The topological polar surface area (TPSA) is 20.2 Å². The number of hydrogen-bond acceptors (Lipinski definition) is 1. The molecule has 22 heavy (non-hydrogen) atoms. The Morgan fingerprint density at radius 1 is 0.909 bits per heavy atom. The number of aromatic hydroxyl groups is 1. The Hall–Kier alpha value is -1.99. The first-order valence-corrected chi connectivity index (χ1v) is 7.81. The second-order valence-corrected chi connectivity index (χ2v) is 6.37. The van der Waals surface area contributed by atoms with Crippen LogP contribution in [0.1, 0.15) is 27.8 Å². The number of hydrogen-bond donors (Lipinski definition) is 1. The van der Waals surface area contributed by atoms with Crippen LogP contribution < -0.4 is 0 Å². The van der Waals surface area contributed by atoms with Gasteiger partial charge in [-0.2, -0.15) is 0 Å². The molecule has 0 fully saturated rings. The fourth-order valence-corrected chi connectivity index (χ4v) is 3.45. The maximum Gasteiger partial charge on any atom is 0.138 e. The van der Waals surface area contributed by atoms with Gasteiger partial charge in [-0.1, -0.05) is 53.6 Å². The molecular weight excluding hydrogens is 292 g/mol. The lowest BCUT2D eigenvalue weighted by Crippen LogP contribution is -1.98. The summed E-state index contributed by atoms with van der Waals surface area (Å²) in [5, 5.41) is 13.0. The lowest BCUT2D eigenvalue weighted by molar-refractivity contribution is 0.471. The highest BCUT2D eigenvalue weighted by Gasteiger charge is 2.14. The molecule has 0 aliphatic carbocycles. The Morgan fingerprint density at radius 3 is 2.23 bits per heavy atom. The number of phenols is 1. The van der Waals surface area contributed by atoms with Crippen molar-refractivity contribution in [3.63, 3.8) is 0 Å². The normalized spacial score (nSPS) is 11.1. The minimum atomic E-state index is 0.194. The summed E-state index contributed by atoms with van der Waals surface area (Å²) in [6, 6.07) is 14.2. The van der Waals surface area contributed by atoms with Gasteiger partial charge in [-0.05, 0) is 54.3 Å². The lowest BCUT2D eigenvalue weighted by Gasteiger charge is -2.15. The van der Waals surface area contributed by atoms with Crippen molar-refractivity contribution in [3.05, 3.63) is 75.3 Å². The molecule has 0 heterocycles. The Morgan fingerprint density at radius 2 is 1.55 bits per heavy atom. The maximum absolute atomic E-state index is 10.5. The van der Waals surface area contributed by atoms with E-state index < -0.39 is 0 Å². The molecule has 0 aliphatic rings. The van der Waals surface area contributed by atoms with E-state index in [1.165, 1.54) is 22.3 Å². The summed E-state index contributed by atoms with van der Waals surface area (Å²) in [7, 11) is 0. The maximum atomic E-state index is 10.5. The van der Waals surface area contributed by atoms with Crippen molar-refractivity contribution in [2.75, 3.05) is 0 Å². The van der Waals surface area contributed by atoms with E-state index in [0.29, 0.717) is 11.4 Å². The third-order valence-corrected chi connectivity index (χ3v) is 4.56. The van der Waals surface area contributed by atoms with Crippen molar-refractivity contribution in [2.45, 2.75) is 27.2 Å². The second-order valence-electron chi connectivity index (χ2n) is 5.96. The molecule has 0 amide bonds. The van der Waals surface area contributed by atoms with Crippen LogP contribution in [0.4, 0.5) is 0 Å². The third kappa shape index (κ3) is 2.57. The zero-order valence-corrected chi connectivity index (χ0v) is 13.8. The van der Waals surface area contributed by atoms with E-state index >= 15 is 0 Å². The fourth-order valence-electron chi connectivity index (χ4n) is 3.22. The Balaban J connectivity index is 2.21. The van der Waals surface area contributed by atoms with Crippen molar-refractivity contribution < 1.29 is 5.11 Å². The smallest absolute Gasteiger partial charge is 0.138 e. The lowest BCUT2D eigenvalue weighted by atomic mass is 9.91. The average molecular weight is 311 g/mol. The quantitative estimate of drug-likeness (QED) is 0.642. The fraction of sp³-hybridized carbons (Fsp3) is 0.200. The minimum Gasteiger partial charge on any atom is -0.506 e. The van der Waals surface area contributed by atoms with Crippen LogP contribution in [0.25, 0.3) is 10.8 Å². The highest BCUT2D eigenvalue weighted by molar-refractivity contribution is 6.33. The molecule has 112 valence electrons. The first-order valence-electron chi connectivity index (χ1n) is 7.43. The molecule has 0 aromatic heterocycles. The largest absolute Gasteiger partial charge is 0.506 e. The number of halogens is 1. The van der Waals surface area contributed by atoms with Gasteiger partial charge in [0.2, 0.25) is 0 Å². The van der Waals surface area contributed by atoms with Crippen LogP contribution in [0.5, 0.6) is 5.75 Å². The molecule has 0 bridgehead atoms. The van der Waals surface area contributed by atoms with Gasteiger partial charge in [0, 0.05) is 12.0 Å². The van der Waals surface area contributed by atoms with Crippen LogP contribution in [0.15, 0.2) is 42.5 Å². The summed E-state index contributed by atoms with van der Waals surface area (Å²) in [5.41, 5.74) is 5.92. The van der Waals surface area contributed by atoms with Gasteiger partial charge in [-0.15, -0.1) is 0 Å². The molecule has 1 nitrogen and oxygen atoms in total. The predicted octanol–water partition coefficient (Wildman–Crippen LogP) is 5.71. The zero-order valence-electron chi connectivity index (χ0n) is 13.1. The van der Waals surface area contributed by atoms with Gasteiger partial charge >= 0.3 is 0 Å². The monoisotopic (exact) mass is 310 g/mol.